The van der Waals surface area contributed by atoms with E-state index in [0.29, 0.717) is 45.8 Å². The fourth-order valence-electron chi connectivity index (χ4n) is 3.29. The molecule has 2 rings (SSSR count). The van der Waals surface area contributed by atoms with Gasteiger partial charge in [0.1, 0.15) is 29.4 Å². The maximum atomic E-state index is 12.9. The largest absolute Gasteiger partial charge is 0.496 e. The van der Waals surface area contributed by atoms with Crippen LogP contribution in [-0.4, -0.2) is 48.1 Å². The third-order valence-electron chi connectivity index (χ3n) is 4.40. The molecule has 7 heteroatoms. The lowest BCUT2D eigenvalue weighted by Crippen LogP contribution is -2.13. The molecule has 0 aliphatic heterocycles. The van der Waals surface area contributed by atoms with Crippen molar-refractivity contribution in [1.82, 2.24) is 0 Å². The molecule has 0 fully saturated rings. The zero-order valence-corrected chi connectivity index (χ0v) is 17.4. The Balaban J connectivity index is 3.15. The minimum Gasteiger partial charge on any atom is -0.496 e. The lowest BCUT2D eigenvalue weighted by molar-refractivity contribution is 0.0545. The van der Waals surface area contributed by atoms with E-state index in [1.165, 1.54) is 41.6 Å². The van der Waals surface area contributed by atoms with E-state index >= 15 is 0 Å². The first kappa shape index (κ1) is 21.9. The summed E-state index contributed by atoms with van der Waals surface area (Å²) < 4.78 is 33.4. The van der Waals surface area contributed by atoms with Crippen LogP contribution in [0.5, 0.6) is 28.7 Å². The molecule has 0 atom stereocenters. The van der Waals surface area contributed by atoms with Crippen molar-refractivity contribution in [2.24, 2.45) is 0 Å². The maximum absolute atomic E-state index is 12.9. The summed E-state index contributed by atoms with van der Waals surface area (Å²) in [6, 6.07) is 1.66. The van der Waals surface area contributed by atoms with Crippen molar-refractivity contribution < 1.29 is 33.2 Å². The molecule has 2 aromatic carbocycles. The summed E-state index contributed by atoms with van der Waals surface area (Å²) in [5, 5.41) is 1.06. The molecule has 0 saturated heterocycles. The minimum atomic E-state index is -0.573. The first-order valence-electron chi connectivity index (χ1n) is 8.82. The van der Waals surface area contributed by atoms with Gasteiger partial charge in [0.05, 0.1) is 46.3 Å². The molecule has 0 aliphatic carbocycles. The number of esters is 1. The second-order valence-corrected chi connectivity index (χ2v) is 5.86. The van der Waals surface area contributed by atoms with E-state index in [9.17, 15) is 4.79 Å². The van der Waals surface area contributed by atoms with E-state index in [4.69, 9.17) is 28.4 Å². The van der Waals surface area contributed by atoms with Crippen LogP contribution in [0.1, 0.15) is 15.9 Å². The molecule has 0 unspecified atom stereocenters. The summed E-state index contributed by atoms with van der Waals surface area (Å²) in [6.45, 7) is 7.43. The van der Waals surface area contributed by atoms with Crippen molar-refractivity contribution in [2.45, 2.75) is 6.42 Å². The number of benzene rings is 2. The molecular weight excluding hydrogens is 376 g/mol. The second-order valence-electron chi connectivity index (χ2n) is 5.86. The van der Waals surface area contributed by atoms with Crippen LogP contribution in [0.15, 0.2) is 31.4 Å². The van der Waals surface area contributed by atoms with Gasteiger partial charge < -0.3 is 28.4 Å². The van der Waals surface area contributed by atoms with Gasteiger partial charge in [-0.05, 0) is 6.42 Å². The molecule has 29 heavy (non-hydrogen) atoms. The first-order valence-corrected chi connectivity index (χ1v) is 8.82. The molecule has 0 saturated carbocycles. The lowest BCUT2D eigenvalue weighted by Gasteiger charge is -2.23. The minimum absolute atomic E-state index is 0.0545. The summed E-state index contributed by atoms with van der Waals surface area (Å²) in [5.41, 5.74) is 0.777. The van der Waals surface area contributed by atoms with Gasteiger partial charge in [-0.15, -0.1) is 6.58 Å². The van der Waals surface area contributed by atoms with Crippen molar-refractivity contribution >= 4 is 16.7 Å². The second kappa shape index (κ2) is 9.73. The Kier molecular flexibility index (Phi) is 7.36. The van der Waals surface area contributed by atoms with Crippen molar-refractivity contribution in [3.8, 4) is 28.7 Å². The first-order chi connectivity index (χ1) is 14.0. The van der Waals surface area contributed by atoms with Gasteiger partial charge in [0.2, 0.25) is 0 Å². The average Bonchev–Trinajstić information content (AvgIpc) is 2.75. The van der Waals surface area contributed by atoms with E-state index in [1.807, 2.05) is 0 Å². The normalized spacial score (nSPS) is 10.2. The van der Waals surface area contributed by atoms with Crippen LogP contribution in [-0.2, 0) is 11.2 Å². The van der Waals surface area contributed by atoms with E-state index in [1.54, 1.807) is 12.1 Å². The molecule has 0 radical (unpaired) electrons. The Hall–Kier alpha value is -3.35. The van der Waals surface area contributed by atoms with Crippen LogP contribution in [0, 0.1) is 0 Å². The number of methoxy groups -OCH3 is 5. The molecule has 0 spiro atoms. The molecular formula is C22H26O7. The summed E-state index contributed by atoms with van der Waals surface area (Å²) in [4.78, 5) is 12.9. The Labute approximate surface area is 170 Å². The van der Waals surface area contributed by atoms with Crippen LogP contribution in [0.25, 0.3) is 10.8 Å². The van der Waals surface area contributed by atoms with Crippen molar-refractivity contribution in [2.75, 3.05) is 42.2 Å². The highest BCUT2D eigenvalue weighted by Gasteiger charge is 2.31. The average molecular weight is 402 g/mol. The molecule has 0 aromatic heterocycles. The SMILES string of the molecule is C=CCOC(=O)c1c(CC=C)c(OC)c2c(OC)c(OC)cc(OC)c2c1OC. The number of fused-ring (bicyclic) bond motifs is 1. The van der Waals surface area contributed by atoms with E-state index < -0.39 is 5.97 Å². The third-order valence-corrected chi connectivity index (χ3v) is 4.40. The summed E-state index contributed by atoms with van der Waals surface area (Å²) in [7, 11) is 7.55. The topological polar surface area (TPSA) is 72.5 Å². The quantitative estimate of drug-likeness (QED) is 0.440. The maximum Gasteiger partial charge on any atom is 0.342 e. The summed E-state index contributed by atoms with van der Waals surface area (Å²) in [5.74, 6) is 1.43. The molecule has 2 aromatic rings. The van der Waals surface area contributed by atoms with Crippen LogP contribution in [0.4, 0.5) is 0 Å². The van der Waals surface area contributed by atoms with Gasteiger partial charge >= 0.3 is 5.97 Å². The van der Waals surface area contributed by atoms with Crippen molar-refractivity contribution in [1.29, 1.82) is 0 Å². The number of carbonyl (C=O) groups excluding carboxylic acids is 1. The molecule has 0 N–H and O–H groups in total. The van der Waals surface area contributed by atoms with Gasteiger partial charge in [-0.3, -0.25) is 0 Å². The number of carbonyl (C=O) groups is 1. The van der Waals surface area contributed by atoms with E-state index in [0.717, 1.165) is 0 Å². The monoisotopic (exact) mass is 402 g/mol. The summed E-state index contributed by atoms with van der Waals surface area (Å²) in [6.07, 6.45) is 3.48. The Morgan fingerprint density at radius 1 is 0.828 bits per heavy atom. The van der Waals surface area contributed by atoms with Gasteiger partial charge in [0, 0.05) is 11.6 Å². The molecule has 0 aliphatic rings. The highest BCUT2D eigenvalue weighted by molar-refractivity contribution is 6.11. The van der Waals surface area contributed by atoms with Crippen molar-refractivity contribution in [3.63, 3.8) is 0 Å². The van der Waals surface area contributed by atoms with E-state index in [-0.39, 0.29) is 17.9 Å². The third kappa shape index (κ3) is 3.81. The fourth-order valence-corrected chi connectivity index (χ4v) is 3.29. The van der Waals surface area contributed by atoms with Gasteiger partial charge in [-0.1, -0.05) is 18.7 Å². The van der Waals surface area contributed by atoms with Crippen LogP contribution < -0.4 is 23.7 Å². The van der Waals surface area contributed by atoms with Crippen LogP contribution in [0.3, 0.4) is 0 Å². The Bertz CT molecular complexity index is 931. The molecule has 0 amide bonds. The molecule has 7 nitrogen and oxygen atoms in total. The Morgan fingerprint density at radius 3 is 1.93 bits per heavy atom. The van der Waals surface area contributed by atoms with Crippen LogP contribution >= 0.6 is 0 Å². The summed E-state index contributed by atoms with van der Waals surface area (Å²) >= 11 is 0. The van der Waals surface area contributed by atoms with E-state index in [2.05, 4.69) is 13.2 Å². The van der Waals surface area contributed by atoms with Gasteiger partial charge in [0.15, 0.2) is 11.5 Å². The predicted molar refractivity (Wildman–Crippen MR) is 111 cm³/mol. The standard InChI is InChI=1S/C22H26O7/c1-8-10-13-16(22(23)29-11-9-2)21(28-7)17-14(24-3)12-15(25-4)20(27-6)18(17)19(13)26-5/h8-9,12H,1-2,10-11H2,3-7H3. The Morgan fingerprint density at radius 2 is 1.45 bits per heavy atom. The molecule has 156 valence electrons. The number of ether oxygens (including phenoxy) is 6. The number of hydrogen-bond acceptors (Lipinski definition) is 7. The van der Waals surface area contributed by atoms with Gasteiger partial charge in [-0.2, -0.15) is 0 Å². The predicted octanol–water partition coefficient (Wildman–Crippen LogP) is 3.95. The van der Waals surface area contributed by atoms with Gasteiger partial charge in [0.25, 0.3) is 0 Å². The van der Waals surface area contributed by atoms with Gasteiger partial charge in [-0.25, -0.2) is 4.79 Å². The number of allylic oxidation sites excluding steroid dienone is 1. The van der Waals surface area contributed by atoms with Crippen LogP contribution in [0.2, 0.25) is 0 Å². The van der Waals surface area contributed by atoms with Crippen molar-refractivity contribution in [3.05, 3.63) is 42.5 Å². The molecule has 0 bridgehead atoms. The smallest absolute Gasteiger partial charge is 0.342 e. The zero-order valence-electron chi connectivity index (χ0n) is 17.4. The number of rotatable bonds is 10. The lowest BCUT2D eigenvalue weighted by atomic mass is 9.94. The number of hydrogen-bond donors (Lipinski definition) is 0. The zero-order chi connectivity index (χ0) is 21.6. The molecule has 0 heterocycles. The highest BCUT2D eigenvalue weighted by atomic mass is 16.5. The highest BCUT2D eigenvalue weighted by Crippen LogP contribution is 2.52. The fraction of sp³-hybridized carbons (Fsp3) is 0.318.